The largest absolute Gasteiger partial charge is 0.401 e. The molecule has 0 bridgehead atoms. The van der Waals surface area contributed by atoms with Crippen LogP contribution in [-0.2, 0) is 14.4 Å². The summed E-state index contributed by atoms with van der Waals surface area (Å²) >= 11 is 7.45. The van der Waals surface area contributed by atoms with Gasteiger partial charge in [0.05, 0.1) is 0 Å². The van der Waals surface area contributed by atoms with Gasteiger partial charge in [-0.25, -0.2) is 0 Å². The Morgan fingerprint density at radius 2 is 1.49 bits per heavy atom. The molecule has 0 aromatic rings. The van der Waals surface area contributed by atoms with Gasteiger partial charge in [0.25, 0.3) is 0 Å². The van der Waals surface area contributed by atoms with Crippen LogP contribution in [0.2, 0.25) is 0 Å². The second kappa shape index (κ2) is 35.1. The Bertz CT molecular complexity index is 908. The molecule has 1 atom stereocenters. The second-order valence-electron chi connectivity index (χ2n) is 11.5. The van der Waals surface area contributed by atoms with Crippen molar-refractivity contribution in [3.05, 3.63) is 45.3 Å². The zero-order valence-electron chi connectivity index (χ0n) is 31.0. The van der Waals surface area contributed by atoms with Crippen LogP contribution in [0.1, 0.15) is 138 Å². The van der Waals surface area contributed by atoms with Crippen LogP contribution in [0, 0.1) is 0 Å². The standard InChI is InChI=1S/C30H51ClN4O2S.C4H10.C2H6.CH3NO/c1-6-7-8-9-10-12-15-27(21-33-30(37)23(2)22-35-18-13-11-14-19-35)34-29(36)17-16-25(4)38-28(26(5)32)20-24(3)31;1-3-4-2;1-2;2-1-3/h20,27H,2,4,6-19,21-22,32H2,1,3,5H3,(H,33,37)(H,34,36);3-4H2,1-2H3;1-2H3;1H,(H2,2,3)/b24-20+,28-26-;;;. The van der Waals surface area contributed by atoms with Crippen LogP contribution in [0.4, 0.5) is 0 Å². The number of allylic oxidation sites excluding steroid dienone is 4. The minimum Gasteiger partial charge on any atom is -0.401 e. The van der Waals surface area contributed by atoms with E-state index in [1.54, 1.807) is 6.92 Å². The van der Waals surface area contributed by atoms with E-state index in [2.05, 4.69) is 55.2 Å². The summed E-state index contributed by atoms with van der Waals surface area (Å²) in [5.41, 5.74) is 11.4. The first-order chi connectivity index (χ1) is 22.4. The third-order valence-electron chi connectivity index (χ3n) is 7.07. The van der Waals surface area contributed by atoms with E-state index in [1.165, 1.54) is 69.5 Å². The quantitative estimate of drug-likeness (QED) is 0.0435. The van der Waals surface area contributed by atoms with Crippen molar-refractivity contribution in [3.8, 4) is 0 Å². The number of carbonyl (C=O) groups is 3. The molecule has 1 heterocycles. The van der Waals surface area contributed by atoms with Gasteiger partial charge in [0, 0.05) is 46.8 Å². The number of amides is 3. The summed E-state index contributed by atoms with van der Waals surface area (Å²) in [7, 11) is 0. The fourth-order valence-electron chi connectivity index (χ4n) is 4.36. The number of thioether (sulfide) groups is 1. The highest BCUT2D eigenvalue weighted by Crippen LogP contribution is 2.30. The lowest BCUT2D eigenvalue weighted by molar-refractivity contribution is -0.122. The molecular weight excluding hydrogens is 630 g/mol. The fourth-order valence-corrected chi connectivity index (χ4v) is 5.45. The Morgan fingerprint density at radius 1 is 0.936 bits per heavy atom. The molecule has 1 aliphatic rings. The minimum atomic E-state index is -0.123. The first-order valence-electron chi connectivity index (χ1n) is 17.7. The number of piperidine rings is 1. The number of rotatable bonds is 20. The van der Waals surface area contributed by atoms with Gasteiger partial charge in [-0.2, -0.15) is 0 Å². The van der Waals surface area contributed by atoms with E-state index >= 15 is 0 Å². The van der Waals surface area contributed by atoms with Gasteiger partial charge in [0.1, 0.15) is 0 Å². The zero-order valence-corrected chi connectivity index (χ0v) is 32.6. The van der Waals surface area contributed by atoms with Gasteiger partial charge < -0.3 is 22.1 Å². The smallest absolute Gasteiger partial charge is 0.247 e. The average molecular weight is 701 g/mol. The minimum absolute atomic E-state index is 0.0387. The number of nitrogens with zero attached hydrogens (tertiary/aromatic N) is 1. The Hall–Kier alpha value is -2.23. The summed E-state index contributed by atoms with van der Waals surface area (Å²) in [6.07, 6.45) is 17.1. The van der Waals surface area contributed by atoms with Gasteiger partial charge in [-0.1, -0.05) is 129 Å². The predicted octanol–water partition coefficient (Wildman–Crippen LogP) is 8.67. The van der Waals surface area contributed by atoms with E-state index in [9.17, 15) is 9.59 Å². The molecule has 10 heteroatoms. The lowest BCUT2D eigenvalue weighted by atomic mass is 10.0. The molecule has 0 aromatic carbocycles. The summed E-state index contributed by atoms with van der Waals surface area (Å²) in [6.45, 7) is 25.4. The summed E-state index contributed by atoms with van der Waals surface area (Å²) in [5.74, 6) is -0.162. The number of primary amides is 1. The van der Waals surface area contributed by atoms with E-state index in [1.807, 2.05) is 26.8 Å². The maximum Gasteiger partial charge on any atom is 0.247 e. The van der Waals surface area contributed by atoms with Crippen molar-refractivity contribution >= 4 is 41.6 Å². The first-order valence-corrected chi connectivity index (χ1v) is 18.9. The molecule has 0 aromatic heterocycles. The number of nitrogens with one attached hydrogen (secondary N) is 2. The summed E-state index contributed by atoms with van der Waals surface area (Å²) in [6, 6.07) is -0.107. The second-order valence-corrected chi connectivity index (χ2v) is 13.3. The van der Waals surface area contributed by atoms with Gasteiger partial charge >= 0.3 is 0 Å². The molecular formula is C37H70ClN5O3S. The van der Waals surface area contributed by atoms with Crippen molar-refractivity contribution in [3.63, 3.8) is 0 Å². The molecule has 1 saturated heterocycles. The third-order valence-corrected chi connectivity index (χ3v) is 8.33. The Balaban J connectivity index is -0.00000192. The Kier molecular flexibility index (Phi) is 36.7. The maximum atomic E-state index is 12.8. The van der Waals surface area contributed by atoms with Crippen LogP contribution < -0.4 is 22.1 Å². The van der Waals surface area contributed by atoms with Crippen LogP contribution in [0.15, 0.2) is 45.3 Å². The highest BCUT2D eigenvalue weighted by atomic mass is 35.5. The highest BCUT2D eigenvalue weighted by molar-refractivity contribution is 8.06. The van der Waals surface area contributed by atoms with E-state index in [0.717, 1.165) is 42.2 Å². The lowest BCUT2D eigenvalue weighted by Crippen LogP contribution is -2.44. The molecule has 1 aliphatic heterocycles. The van der Waals surface area contributed by atoms with Crippen molar-refractivity contribution in [2.75, 3.05) is 26.2 Å². The zero-order chi connectivity index (χ0) is 36.5. The van der Waals surface area contributed by atoms with Crippen molar-refractivity contribution in [1.29, 1.82) is 0 Å². The fraction of sp³-hybridized carbons (Fsp3) is 0.703. The number of hydrogen-bond donors (Lipinski definition) is 4. The highest BCUT2D eigenvalue weighted by Gasteiger charge is 2.18. The summed E-state index contributed by atoms with van der Waals surface area (Å²) in [4.78, 5) is 38.1. The van der Waals surface area contributed by atoms with Crippen LogP contribution in [0.3, 0.4) is 0 Å². The third kappa shape index (κ3) is 32.1. The molecule has 1 unspecified atom stereocenters. The molecule has 1 rings (SSSR count). The van der Waals surface area contributed by atoms with Gasteiger partial charge in [-0.05, 0) is 63.6 Å². The maximum absolute atomic E-state index is 12.8. The molecule has 6 N–H and O–H groups in total. The monoisotopic (exact) mass is 699 g/mol. The molecule has 8 nitrogen and oxygen atoms in total. The molecule has 47 heavy (non-hydrogen) atoms. The van der Waals surface area contributed by atoms with Crippen molar-refractivity contribution < 1.29 is 14.4 Å². The normalized spacial score (nSPS) is 13.9. The number of nitrogens with two attached hydrogens (primary N) is 2. The molecule has 0 radical (unpaired) electrons. The van der Waals surface area contributed by atoms with E-state index in [-0.39, 0.29) is 24.3 Å². The number of halogens is 1. The summed E-state index contributed by atoms with van der Waals surface area (Å²) < 4.78 is 0. The lowest BCUT2D eigenvalue weighted by Gasteiger charge is -2.27. The summed E-state index contributed by atoms with van der Waals surface area (Å²) in [5, 5.41) is 6.80. The topological polar surface area (TPSA) is 131 Å². The van der Waals surface area contributed by atoms with Crippen molar-refractivity contribution in [2.45, 2.75) is 144 Å². The molecule has 0 spiro atoms. The van der Waals surface area contributed by atoms with Gasteiger partial charge in [-0.15, -0.1) is 0 Å². The van der Waals surface area contributed by atoms with E-state index in [4.69, 9.17) is 22.1 Å². The average Bonchev–Trinajstić information content (AvgIpc) is 3.05. The molecule has 0 saturated carbocycles. The van der Waals surface area contributed by atoms with Crippen LogP contribution in [-0.4, -0.2) is 55.3 Å². The van der Waals surface area contributed by atoms with Crippen LogP contribution in [0.25, 0.3) is 0 Å². The Labute approximate surface area is 298 Å². The van der Waals surface area contributed by atoms with Gasteiger partial charge in [0.2, 0.25) is 18.2 Å². The van der Waals surface area contributed by atoms with Gasteiger partial charge in [-0.3, -0.25) is 19.3 Å². The number of hydrogen-bond acceptors (Lipinski definition) is 6. The number of carbonyl (C=O) groups excluding carboxylic acids is 3. The number of likely N-dealkylation sites (tertiary alicyclic amines) is 1. The molecule has 274 valence electrons. The van der Waals surface area contributed by atoms with E-state index < -0.39 is 0 Å². The number of unbranched alkanes of at least 4 members (excludes halogenated alkanes) is 6. The van der Waals surface area contributed by atoms with Crippen LogP contribution >= 0.6 is 23.4 Å². The molecule has 1 fully saturated rings. The SMILES string of the molecule is C=C(CCC(=O)NC(CCCCCCCC)CNC(=O)C(=C)CN1CCCCC1)SC(/C=C(\C)Cl)=C(/C)N.CC.CCCC.NC=O. The molecule has 3 amide bonds. The first kappa shape index (κ1) is 49.2. The van der Waals surface area contributed by atoms with Crippen molar-refractivity contribution in [2.24, 2.45) is 11.5 Å². The van der Waals surface area contributed by atoms with Crippen LogP contribution in [0.5, 0.6) is 0 Å². The van der Waals surface area contributed by atoms with Gasteiger partial charge in [0.15, 0.2) is 0 Å². The van der Waals surface area contributed by atoms with E-state index in [0.29, 0.717) is 42.2 Å². The molecule has 0 aliphatic carbocycles. The Morgan fingerprint density at radius 3 is 2.00 bits per heavy atom. The predicted molar refractivity (Wildman–Crippen MR) is 207 cm³/mol. The van der Waals surface area contributed by atoms with Crippen molar-refractivity contribution in [1.82, 2.24) is 15.5 Å².